The molecule has 19 heavy (non-hydrogen) atoms. The summed E-state index contributed by atoms with van der Waals surface area (Å²) in [5.41, 5.74) is 11.5. The van der Waals surface area contributed by atoms with Gasteiger partial charge >= 0.3 is 11.9 Å². The lowest BCUT2D eigenvalue weighted by Crippen LogP contribution is -2.56. The summed E-state index contributed by atoms with van der Waals surface area (Å²) in [6.07, 6.45) is -0.574. The van der Waals surface area contributed by atoms with Gasteiger partial charge < -0.3 is 21.7 Å². The molecule has 0 aliphatic carbocycles. The summed E-state index contributed by atoms with van der Waals surface area (Å²) in [5.74, 6) is -2.41. The van der Waals surface area contributed by atoms with Gasteiger partial charge in [0, 0.05) is 6.42 Å². The molecule has 1 rings (SSSR count). The van der Waals surface area contributed by atoms with Crippen molar-refractivity contribution in [1.29, 1.82) is 0 Å². The predicted molar refractivity (Wildman–Crippen MR) is 69.5 cm³/mol. The van der Waals surface area contributed by atoms with Crippen LogP contribution in [0.3, 0.4) is 0 Å². The zero-order valence-corrected chi connectivity index (χ0v) is 10.7. The van der Waals surface area contributed by atoms with Crippen molar-refractivity contribution in [3.8, 4) is 0 Å². The first-order chi connectivity index (χ1) is 8.77. The van der Waals surface area contributed by atoms with Crippen molar-refractivity contribution in [2.45, 2.75) is 31.3 Å². The van der Waals surface area contributed by atoms with Crippen LogP contribution in [0.2, 0.25) is 0 Å². The molecule has 6 nitrogen and oxygen atoms in total. The van der Waals surface area contributed by atoms with E-state index in [9.17, 15) is 14.7 Å². The van der Waals surface area contributed by atoms with E-state index in [4.69, 9.17) is 16.6 Å². The van der Waals surface area contributed by atoms with Crippen LogP contribution in [-0.4, -0.2) is 27.7 Å². The third kappa shape index (κ3) is 3.52. The molecule has 0 saturated carbocycles. The van der Waals surface area contributed by atoms with Crippen LogP contribution < -0.4 is 11.5 Å². The minimum Gasteiger partial charge on any atom is -0.481 e. The molecule has 104 valence electrons. The number of carbonyl (C=O) groups is 2. The molecule has 0 aliphatic heterocycles. The lowest BCUT2D eigenvalue weighted by atomic mass is 9.82. The average Bonchev–Trinajstić information content (AvgIpc) is 2.35. The Bertz CT molecular complexity index is 472. The fraction of sp³-hybridized carbons (Fsp3) is 0.385. The molecule has 6 N–H and O–H groups in total. The number of carboxylic acid groups (broad SMARTS) is 2. The van der Waals surface area contributed by atoms with Gasteiger partial charge in [0.2, 0.25) is 0 Å². The van der Waals surface area contributed by atoms with E-state index in [1.165, 1.54) is 0 Å². The van der Waals surface area contributed by atoms with Crippen molar-refractivity contribution in [3.05, 3.63) is 35.4 Å². The molecule has 0 amide bonds. The summed E-state index contributed by atoms with van der Waals surface area (Å²) in [7, 11) is 0. The summed E-state index contributed by atoms with van der Waals surface area (Å²) in [5, 5.41) is 17.9. The Morgan fingerprint density at radius 2 is 1.79 bits per heavy atom. The molecule has 6 heteroatoms. The maximum atomic E-state index is 11.3. The van der Waals surface area contributed by atoms with Gasteiger partial charge in [-0.15, -0.1) is 0 Å². The number of nitrogens with two attached hydrogens (primary N) is 2. The second kappa shape index (κ2) is 5.81. The van der Waals surface area contributed by atoms with Gasteiger partial charge in [0.25, 0.3) is 0 Å². The van der Waals surface area contributed by atoms with Crippen LogP contribution in [0.25, 0.3) is 0 Å². The molecular weight excluding hydrogens is 248 g/mol. The van der Waals surface area contributed by atoms with Crippen molar-refractivity contribution >= 4 is 11.9 Å². The Labute approximate surface area is 111 Å². The third-order valence-corrected chi connectivity index (χ3v) is 3.14. The number of carboxylic acids is 2. The maximum absolute atomic E-state index is 11.3. The van der Waals surface area contributed by atoms with Crippen LogP contribution in [0, 0.1) is 6.92 Å². The van der Waals surface area contributed by atoms with Crippen LogP contribution in [0.5, 0.6) is 0 Å². The van der Waals surface area contributed by atoms with Crippen LogP contribution in [0.15, 0.2) is 24.3 Å². The molecule has 1 aromatic rings. The van der Waals surface area contributed by atoms with Gasteiger partial charge in [-0.1, -0.05) is 29.8 Å². The van der Waals surface area contributed by atoms with E-state index in [0.29, 0.717) is 5.56 Å². The van der Waals surface area contributed by atoms with Crippen LogP contribution in [-0.2, 0) is 9.59 Å². The van der Waals surface area contributed by atoms with E-state index in [2.05, 4.69) is 0 Å². The highest BCUT2D eigenvalue weighted by molar-refractivity contribution is 5.81. The topological polar surface area (TPSA) is 127 Å². The first-order valence-corrected chi connectivity index (χ1v) is 5.83. The van der Waals surface area contributed by atoms with Gasteiger partial charge in [0.15, 0.2) is 0 Å². The number of hydrogen-bond acceptors (Lipinski definition) is 4. The van der Waals surface area contributed by atoms with E-state index in [0.717, 1.165) is 5.56 Å². The Balaban J connectivity index is 3.00. The molecule has 2 atom stereocenters. The van der Waals surface area contributed by atoms with Crippen molar-refractivity contribution in [2.75, 3.05) is 0 Å². The second-order valence-electron chi connectivity index (χ2n) is 4.63. The molecule has 1 aromatic carbocycles. The number of aryl methyl sites for hydroxylation is 1. The van der Waals surface area contributed by atoms with E-state index >= 15 is 0 Å². The van der Waals surface area contributed by atoms with Crippen molar-refractivity contribution < 1.29 is 19.8 Å². The molecule has 0 radical (unpaired) electrons. The van der Waals surface area contributed by atoms with Crippen LogP contribution in [0.1, 0.15) is 30.0 Å². The first kappa shape index (κ1) is 15.1. The van der Waals surface area contributed by atoms with E-state index in [-0.39, 0.29) is 12.8 Å². The normalized spacial score (nSPS) is 15.5. The summed E-state index contributed by atoms with van der Waals surface area (Å²) in [4.78, 5) is 21.9. The summed E-state index contributed by atoms with van der Waals surface area (Å²) in [6.45, 7) is 1.90. The van der Waals surface area contributed by atoms with E-state index in [1.807, 2.05) is 6.92 Å². The standard InChI is InChI=1S/C13H18N2O4/c1-8-2-4-9(5-3-8)11(14)13(15,12(18)19)7-6-10(16)17/h2-5,11H,6-7,14-15H2,1H3,(H,16,17)(H,18,19). The molecule has 0 bridgehead atoms. The van der Waals surface area contributed by atoms with Crippen molar-refractivity contribution in [3.63, 3.8) is 0 Å². The van der Waals surface area contributed by atoms with Gasteiger partial charge in [-0.3, -0.25) is 9.59 Å². The van der Waals surface area contributed by atoms with Gasteiger partial charge in [-0.2, -0.15) is 0 Å². The molecule has 0 spiro atoms. The Morgan fingerprint density at radius 3 is 2.21 bits per heavy atom. The first-order valence-electron chi connectivity index (χ1n) is 5.83. The molecule has 2 unspecified atom stereocenters. The summed E-state index contributed by atoms with van der Waals surface area (Å²) < 4.78 is 0. The molecular formula is C13H18N2O4. The van der Waals surface area contributed by atoms with Gasteiger partial charge in [0.1, 0.15) is 5.54 Å². The Morgan fingerprint density at radius 1 is 1.26 bits per heavy atom. The average molecular weight is 266 g/mol. The number of benzene rings is 1. The number of rotatable bonds is 6. The molecule has 0 aliphatic rings. The highest BCUT2D eigenvalue weighted by Crippen LogP contribution is 2.26. The fourth-order valence-corrected chi connectivity index (χ4v) is 1.78. The summed E-state index contributed by atoms with van der Waals surface area (Å²) >= 11 is 0. The number of hydrogen-bond donors (Lipinski definition) is 4. The predicted octanol–water partition coefficient (Wildman–Crippen LogP) is 0.642. The monoisotopic (exact) mass is 266 g/mol. The smallest absolute Gasteiger partial charge is 0.325 e. The molecule has 0 saturated heterocycles. The zero-order chi connectivity index (χ0) is 14.6. The number of aliphatic carboxylic acids is 2. The minimum absolute atomic E-state index is 0.229. The molecule has 0 heterocycles. The third-order valence-electron chi connectivity index (χ3n) is 3.14. The van der Waals surface area contributed by atoms with E-state index in [1.54, 1.807) is 24.3 Å². The largest absolute Gasteiger partial charge is 0.481 e. The lowest BCUT2D eigenvalue weighted by molar-refractivity contribution is -0.145. The fourth-order valence-electron chi connectivity index (χ4n) is 1.78. The van der Waals surface area contributed by atoms with E-state index < -0.39 is 23.5 Å². The van der Waals surface area contributed by atoms with Gasteiger partial charge in [-0.25, -0.2) is 0 Å². The highest BCUT2D eigenvalue weighted by atomic mass is 16.4. The molecule has 0 aromatic heterocycles. The minimum atomic E-state index is -1.80. The highest BCUT2D eigenvalue weighted by Gasteiger charge is 2.41. The maximum Gasteiger partial charge on any atom is 0.325 e. The van der Waals surface area contributed by atoms with Crippen LogP contribution >= 0.6 is 0 Å². The Kier molecular flexibility index (Phi) is 4.63. The van der Waals surface area contributed by atoms with Crippen LogP contribution in [0.4, 0.5) is 0 Å². The quantitative estimate of drug-likeness (QED) is 0.598. The van der Waals surface area contributed by atoms with Gasteiger partial charge in [0.05, 0.1) is 6.04 Å². The van der Waals surface area contributed by atoms with Crippen molar-refractivity contribution in [1.82, 2.24) is 0 Å². The lowest BCUT2D eigenvalue weighted by Gasteiger charge is -2.31. The van der Waals surface area contributed by atoms with Gasteiger partial charge in [-0.05, 0) is 18.9 Å². The second-order valence-corrected chi connectivity index (χ2v) is 4.63. The van der Waals surface area contributed by atoms with Crippen molar-refractivity contribution in [2.24, 2.45) is 11.5 Å². The SMILES string of the molecule is Cc1ccc(C(N)C(N)(CCC(=O)O)C(=O)O)cc1. The Hall–Kier alpha value is -1.92. The molecule has 0 fully saturated rings. The zero-order valence-electron chi connectivity index (χ0n) is 10.7. The summed E-state index contributed by atoms with van der Waals surface area (Å²) in [6, 6.07) is 6.03.